The average molecular weight is 381 g/mol. The number of hydrogen-bond donors (Lipinski definition) is 3. The third-order valence-electron chi connectivity index (χ3n) is 3.74. The maximum atomic E-state index is 13.1. The average Bonchev–Trinajstić information content (AvgIpc) is 3.08. The maximum Gasteiger partial charge on any atom is 0.234 e. The zero-order valence-corrected chi connectivity index (χ0v) is 15.7. The molecule has 0 bridgehead atoms. The van der Waals surface area contributed by atoms with E-state index in [1.54, 1.807) is 24.3 Å². The highest BCUT2D eigenvalue weighted by Crippen LogP contribution is 2.24. The minimum Gasteiger partial charge on any atom is -0.474 e. The fraction of sp³-hybridized carbons (Fsp3) is 0.263. The number of pyridine rings is 2. The summed E-state index contributed by atoms with van der Waals surface area (Å²) < 4.78 is 18.6. The van der Waals surface area contributed by atoms with Gasteiger partial charge >= 0.3 is 0 Å². The molecule has 3 aromatic rings. The van der Waals surface area contributed by atoms with Gasteiger partial charge in [-0.15, -0.1) is 5.10 Å². The van der Waals surface area contributed by atoms with Gasteiger partial charge in [-0.05, 0) is 45.0 Å². The second-order valence-electron chi connectivity index (χ2n) is 6.38. The number of nitriles is 1. The van der Waals surface area contributed by atoms with Crippen LogP contribution in [-0.2, 0) is 0 Å². The number of aromatic nitrogens is 4. The van der Waals surface area contributed by atoms with Crippen molar-refractivity contribution in [1.29, 1.82) is 5.26 Å². The van der Waals surface area contributed by atoms with Crippen LogP contribution in [0.5, 0.6) is 5.88 Å². The third-order valence-corrected chi connectivity index (χ3v) is 3.74. The van der Waals surface area contributed by atoms with Crippen molar-refractivity contribution in [2.45, 2.75) is 32.9 Å². The smallest absolute Gasteiger partial charge is 0.234 e. The van der Waals surface area contributed by atoms with Crippen LogP contribution in [0.25, 0.3) is 0 Å². The second-order valence-corrected chi connectivity index (χ2v) is 6.38. The van der Waals surface area contributed by atoms with E-state index in [9.17, 15) is 9.65 Å². The standard InChI is InChI=1S/C19H20FN7O/c1-11(2)28-18-8-17(26-27-18)24-16-7-4-13(9-21)19(25-16)23-12(3)15-6-5-14(20)10-22-15/h4-8,10-12H,1-3H3,(H3,23,24,25,26,27)/t12-/m0/s1. The minimum absolute atomic E-state index is 0.0153. The van der Waals surface area contributed by atoms with Crippen LogP contribution in [-0.4, -0.2) is 26.3 Å². The number of halogens is 1. The Hall–Kier alpha value is -3.67. The Kier molecular flexibility index (Phi) is 5.69. The summed E-state index contributed by atoms with van der Waals surface area (Å²) in [6.07, 6.45) is 1.17. The summed E-state index contributed by atoms with van der Waals surface area (Å²) in [6.45, 7) is 5.69. The lowest BCUT2D eigenvalue weighted by Crippen LogP contribution is -2.11. The molecule has 0 spiro atoms. The molecule has 0 saturated carbocycles. The van der Waals surface area contributed by atoms with E-state index in [-0.39, 0.29) is 12.1 Å². The Morgan fingerprint density at radius 2 is 2.04 bits per heavy atom. The fourth-order valence-corrected chi connectivity index (χ4v) is 2.46. The lowest BCUT2D eigenvalue weighted by molar-refractivity contribution is 0.232. The van der Waals surface area contributed by atoms with Crippen LogP contribution >= 0.6 is 0 Å². The largest absolute Gasteiger partial charge is 0.474 e. The molecule has 0 unspecified atom stereocenters. The molecule has 0 aliphatic heterocycles. The molecular formula is C19H20FN7O. The molecule has 144 valence electrons. The summed E-state index contributed by atoms with van der Waals surface area (Å²) in [7, 11) is 0. The first-order valence-corrected chi connectivity index (χ1v) is 8.73. The van der Waals surface area contributed by atoms with Crippen LogP contribution in [0.2, 0.25) is 0 Å². The van der Waals surface area contributed by atoms with Gasteiger partial charge < -0.3 is 15.4 Å². The van der Waals surface area contributed by atoms with Crippen LogP contribution in [0.3, 0.4) is 0 Å². The summed E-state index contributed by atoms with van der Waals surface area (Å²) in [5, 5.41) is 22.5. The molecule has 3 N–H and O–H groups in total. The Morgan fingerprint density at radius 1 is 1.21 bits per heavy atom. The first-order valence-electron chi connectivity index (χ1n) is 8.73. The van der Waals surface area contributed by atoms with Gasteiger partial charge in [-0.1, -0.05) is 0 Å². The van der Waals surface area contributed by atoms with Crippen LogP contribution in [0.4, 0.5) is 21.8 Å². The molecule has 3 heterocycles. The van der Waals surface area contributed by atoms with Crippen LogP contribution in [0.1, 0.15) is 38.1 Å². The zero-order chi connectivity index (χ0) is 20.1. The number of anilines is 3. The van der Waals surface area contributed by atoms with E-state index < -0.39 is 5.82 Å². The molecule has 0 radical (unpaired) electrons. The molecule has 0 amide bonds. The second kappa shape index (κ2) is 8.35. The summed E-state index contributed by atoms with van der Waals surface area (Å²) in [5.41, 5.74) is 1.02. The normalized spacial score (nSPS) is 11.7. The first-order chi connectivity index (χ1) is 13.4. The fourth-order valence-electron chi connectivity index (χ4n) is 2.46. The van der Waals surface area contributed by atoms with Gasteiger partial charge in [0.15, 0.2) is 0 Å². The van der Waals surface area contributed by atoms with Gasteiger partial charge in [0, 0.05) is 6.07 Å². The quantitative estimate of drug-likeness (QED) is 0.569. The highest BCUT2D eigenvalue weighted by Gasteiger charge is 2.13. The van der Waals surface area contributed by atoms with E-state index in [2.05, 4.69) is 36.9 Å². The minimum atomic E-state index is -0.404. The van der Waals surface area contributed by atoms with Crippen molar-refractivity contribution >= 4 is 17.5 Å². The van der Waals surface area contributed by atoms with E-state index in [1.165, 1.54) is 6.07 Å². The van der Waals surface area contributed by atoms with E-state index >= 15 is 0 Å². The molecule has 8 nitrogen and oxygen atoms in total. The molecule has 1 atom stereocenters. The molecule has 0 aliphatic rings. The highest BCUT2D eigenvalue weighted by atomic mass is 19.1. The molecule has 0 aromatic carbocycles. The molecule has 0 saturated heterocycles. The van der Waals surface area contributed by atoms with Gasteiger partial charge in [0.2, 0.25) is 5.88 Å². The number of nitrogens with one attached hydrogen (secondary N) is 3. The van der Waals surface area contributed by atoms with Crippen LogP contribution < -0.4 is 15.4 Å². The van der Waals surface area contributed by atoms with Crippen molar-refractivity contribution in [3.63, 3.8) is 0 Å². The SMILES string of the molecule is CC(C)Oc1cc(Nc2ccc(C#N)c(N[C@@H](C)c3ccc(F)cn3)n2)[nH]n1. The van der Waals surface area contributed by atoms with Crippen LogP contribution in [0.15, 0.2) is 36.5 Å². The van der Waals surface area contributed by atoms with Crippen molar-refractivity contribution < 1.29 is 9.13 Å². The number of rotatable bonds is 7. The lowest BCUT2D eigenvalue weighted by atomic mass is 10.2. The zero-order valence-electron chi connectivity index (χ0n) is 15.7. The van der Waals surface area contributed by atoms with Crippen molar-refractivity contribution in [2.75, 3.05) is 10.6 Å². The third kappa shape index (κ3) is 4.73. The molecule has 3 rings (SSSR count). The summed E-state index contributed by atoms with van der Waals surface area (Å²) in [4.78, 5) is 8.51. The van der Waals surface area contributed by atoms with Gasteiger partial charge in [-0.25, -0.2) is 9.37 Å². The predicted octanol–water partition coefficient (Wildman–Crippen LogP) is 3.91. The number of H-pyrrole nitrogens is 1. The molecular weight excluding hydrogens is 361 g/mol. The number of ether oxygens (including phenoxy) is 1. The molecule has 9 heteroatoms. The Balaban J connectivity index is 1.77. The van der Waals surface area contributed by atoms with Gasteiger partial charge in [-0.3, -0.25) is 10.1 Å². The van der Waals surface area contributed by atoms with Gasteiger partial charge in [-0.2, -0.15) is 5.26 Å². The highest BCUT2D eigenvalue weighted by molar-refractivity contribution is 5.61. The van der Waals surface area contributed by atoms with E-state index in [0.29, 0.717) is 34.6 Å². The van der Waals surface area contributed by atoms with Crippen molar-refractivity contribution in [2.24, 2.45) is 0 Å². The van der Waals surface area contributed by atoms with Crippen molar-refractivity contribution in [3.8, 4) is 11.9 Å². The van der Waals surface area contributed by atoms with Gasteiger partial charge in [0.05, 0.1) is 29.6 Å². The van der Waals surface area contributed by atoms with Gasteiger partial charge in [0.25, 0.3) is 0 Å². The van der Waals surface area contributed by atoms with E-state index in [0.717, 1.165) is 6.20 Å². The first kappa shape index (κ1) is 19.1. The van der Waals surface area contributed by atoms with E-state index in [4.69, 9.17) is 4.74 Å². The van der Waals surface area contributed by atoms with Crippen LogP contribution in [0, 0.1) is 17.1 Å². The Morgan fingerprint density at radius 3 is 2.71 bits per heavy atom. The van der Waals surface area contributed by atoms with Crippen molar-refractivity contribution in [3.05, 3.63) is 53.6 Å². The summed E-state index contributed by atoms with van der Waals surface area (Å²) in [5.74, 6) is 1.58. The van der Waals surface area contributed by atoms with E-state index in [1.807, 2.05) is 20.8 Å². The Bertz CT molecular complexity index is 979. The summed E-state index contributed by atoms with van der Waals surface area (Å²) in [6, 6.07) is 9.83. The number of aromatic amines is 1. The molecule has 3 aromatic heterocycles. The van der Waals surface area contributed by atoms with Crippen molar-refractivity contribution in [1.82, 2.24) is 20.2 Å². The topological polar surface area (TPSA) is 112 Å². The molecule has 0 aliphatic carbocycles. The predicted molar refractivity (Wildman–Crippen MR) is 103 cm³/mol. The number of nitrogens with zero attached hydrogens (tertiary/aromatic N) is 4. The lowest BCUT2D eigenvalue weighted by Gasteiger charge is -2.16. The Labute approximate surface area is 161 Å². The maximum absolute atomic E-state index is 13.1. The van der Waals surface area contributed by atoms with Gasteiger partial charge in [0.1, 0.15) is 29.3 Å². The summed E-state index contributed by atoms with van der Waals surface area (Å²) >= 11 is 0. The monoisotopic (exact) mass is 381 g/mol. The molecule has 0 fully saturated rings. The molecule has 28 heavy (non-hydrogen) atoms. The number of hydrogen-bond acceptors (Lipinski definition) is 7.